The molecule has 56 valence electrons. The molecule has 10 heavy (non-hydrogen) atoms. The zero-order valence-electron chi connectivity index (χ0n) is 5.39. The zero-order chi connectivity index (χ0) is 7.35. The van der Waals surface area contributed by atoms with Gasteiger partial charge < -0.3 is 4.79 Å². The highest BCUT2D eigenvalue weighted by molar-refractivity contribution is 5.55. The Hall–Kier alpha value is -0.470. The number of fused-ring (bicyclic) bond motifs is 1. The van der Waals surface area contributed by atoms with Crippen LogP contribution >= 0.6 is 0 Å². The Kier molecular flexibility index (Phi) is 0.984. The number of rotatable bonds is 1. The van der Waals surface area contributed by atoms with Crippen LogP contribution in [-0.4, -0.2) is 12.2 Å². The summed E-state index contributed by atoms with van der Waals surface area (Å²) in [6.45, 7) is 0. The molecular formula is C7H8F2O. The highest BCUT2D eigenvalue weighted by Gasteiger charge is 2.71. The van der Waals surface area contributed by atoms with E-state index in [0.717, 1.165) is 6.29 Å². The van der Waals surface area contributed by atoms with Crippen LogP contribution in [0.3, 0.4) is 0 Å². The summed E-state index contributed by atoms with van der Waals surface area (Å²) in [4.78, 5) is 10.1. The molecule has 2 aliphatic rings. The molecule has 0 aromatic rings. The molecule has 0 radical (unpaired) electrons. The standard InChI is InChI=1S/C7H8F2O/c8-7(9)5-1-4(3-10)2-6(5)7/h3-6H,1-2H2/t4-,5-,6+. The molecule has 0 aliphatic heterocycles. The van der Waals surface area contributed by atoms with Gasteiger partial charge >= 0.3 is 0 Å². The molecule has 2 saturated carbocycles. The van der Waals surface area contributed by atoms with Crippen LogP contribution in [-0.2, 0) is 4.79 Å². The Morgan fingerprint density at radius 2 is 1.80 bits per heavy atom. The van der Waals surface area contributed by atoms with Crippen LogP contribution < -0.4 is 0 Å². The van der Waals surface area contributed by atoms with Gasteiger partial charge in [-0.15, -0.1) is 0 Å². The van der Waals surface area contributed by atoms with Crippen LogP contribution in [0.25, 0.3) is 0 Å². The molecule has 0 bridgehead atoms. The van der Waals surface area contributed by atoms with Gasteiger partial charge in [-0.05, 0) is 12.8 Å². The fraction of sp³-hybridized carbons (Fsp3) is 0.857. The SMILES string of the molecule is O=C[C@@H]1C[C@@H]2[C@H](C1)C2(F)F. The molecule has 1 nitrogen and oxygen atoms in total. The first-order valence-corrected chi connectivity index (χ1v) is 3.49. The van der Waals surface area contributed by atoms with Crippen LogP contribution in [0.2, 0.25) is 0 Å². The minimum absolute atomic E-state index is 0.0744. The van der Waals surface area contributed by atoms with Gasteiger partial charge in [-0.25, -0.2) is 8.78 Å². The van der Waals surface area contributed by atoms with Crippen molar-refractivity contribution >= 4 is 6.29 Å². The van der Waals surface area contributed by atoms with E-state index in [1.54, 1.807) is 0 Å². The van der Waals surface area contributed by atoms with Gasteiger partial charge in [-0.2, -0.15) is 0 Å². The quantitative estimate of drug-likeness (QED) is 0.512. The molecule has 3 heteroatoms. The van der Waals surface area contributed by atoms with Crippen LogP contribution in [0.4, 0.5) is 8.78 Å². The number of hydrogen-bond acceptors (Lipinski definition) is 1. The number of alkyl halides is 2. The molecule has 2 rings (SSSR count). The lowest BCUT2D eigenvalue weighted by molar-refractivity contribution is -0.111. The Balaban J connectivity index is 2.01. The molecule has 2 aliphatic carbocycles. The monoisotopic (exact) mass is 146 g/mol. The molecule has 0 spiro atoms. The van der Waals surface area contributed by atoms with Crippen LogP contribution in [0, 0.1) is 17.8 Å². The predicted octanol–water partition coefficient (Wildman–Crippen LogP) is 1.48. The maximum Gasteiger partial charge on any atom is 0.254 e. The summed E-state index contributed by atoms with van der Waals surface area (Å²) in [7, 11) is 0. The fourth-order valence-corrected chi connectivity index (χ4v) is 1.96. The van der Waals surface area contributed by atoms with Crippen molar-refractivity contribution in [3.8, 4) is 0 Å². The second-order valence-corrected chi connectivity index (χ2v) is 3.26. The summed E-state index contributed by atoms with van der Waals surface area (Å²) in [5.74, 6) is -3.40. The second kappa shape index (κ2) is 1.57. The summed E-state index contributed by atoms with van der Waals surface area (Å²) in [6, 6.07) is 0. The zero-order valence-corrected chi connectivity index (χ0v) is 5.39. The summed E-state index contributed by atoms with van der Waals surface area (Å²) >= 11 is 0. The number of aldehydes is 1. The predicted molar refractivity (Wildman–Crippen MR) is 30.7 cm³/mol. The highest BCUT2D eigenvalue weighted by atomic mass is 19.3. The van der Waals surface area contributed by atoms with E-state index in [9.17, 15) is 13.6 Å². The van der Waals surface area contributed by atoms with Crippen LogP contribution in [0.5, 0.6) is 0 Å². The molecular weight excluding hydrogens is 138 g/mol. The first-order chi connectivity index (χ1) is 4.66. The Bertz CT molecular complexity index is 164. The summed E-state index contributed by atoms with van der Waals surface area (Å²) < 4.78 is 24.9. The Morgan fingerprint density at radius 3 is 2.20 bits per heavy atom. The number of halogens is 2. The van der Waals surface area contributed by atoms with E-state index in [4.69, 9.17) is 0 Å². The highest BCUT2D eigenvalue weighted by Crippen LogP contribution is 2.65. The third kappa shape index (κ3) is 0.580. The van der Waals surface area contributed by atoms with Crippen LogP contribution in [0.15, 0.2) is 0 Å². The number of carbonyl (C=O) groups excluding carboxylic acids is 1. The lowest BCUT2D eigenvalue weighted by atomic mass is 10.1. The summed E-state index contributed by atoms with van der Waals surface area (Å²) in [6.07, 6.45) is 1.64. The van der Waals surface area contributed by atoms with E-state index < -0.39 is 17.8 Å². The van der Waals surface area contributed by atoms with E-state index in [-0.39, 0.29) is 5.92 Å². The third-order valence-corrected chi connectivity index (χ3v) is 2.67. The molecule has 2 fully saturated rings. The minimum atomic E-state index is -2.42. The fourth-order valence-electron chi connectivity index (χ4n) is 1.96. The molecule has 0 amide bonds. The molecule has 0 aromatic heterocycles. The first kappa shape index (κ1) is 6.25. The largest absolute Gasteiger partial charge is 0.303 e. The van der Waals surface area contributed by atoms with Crippen molar-refractivity contribution in [1.82, 2.24) is 0 Å². The summed E-state index contributed by atoms with van der Waals surface area (Å²) in [5.41, 5.74) is 0. The topological polar surface area (TPSA) is 17.1 Å². The van der Waals surface area contributed by atoms with Gasteiger partial charge in [0.2, 0.25) is 0 Å². The maximum atomic E-state index is 12.4. The molecule has 0 saturated heterocycles. The Morgan fingerprint density at radius 1 is 1.30 bits per heavy atom. The molecule has 0 N–H and O–H groups in total. The van der Waals surface area contributed by atoms with Gasteiger partial charge in [0.05, 0.1) is 0 Å². The van der Waals surface area contributed by atoms with Crippen molar-refractivity contribution in [1.29, 1.82) is 0 Å². The lowest BCUT2D eigenvalue weighted by Crippen LogP contribution is -2.08. The first-order valence-electron chi connectivity index (χ1n) is 3.49. The molecule has 0 heterocycles. The third-order valence-electron chi connectivity index (χ3n) is 2.67. The van der Waals surface area contributed by atoms with E-state index >= 15 is 0 Å². The molecule has 3 atom stereocenters. The van der Waals surface area contributed by atoms with Crippen molar-refractivity contribution in [2.24, 2.45) is 17.8 Å². The van der Waals surface area contributed by atoms with Crippen molar-refractivity contribution < 1.29 is 13.6 Å². The van der Waals surface area contributed by atoms with Crippen molar-refractivity contribution in [2.45, 2.75) is 18.8 Å². The van der Waals surface area contributed by atoms with Crippen molar-refractivity contribution in [2.75, 3.05) is 0 Å². The van der Waals surface area contributed by atoms with Gasteiger partial charge in [0.15, 0.2) is 0 Å². The van der Waals surface area contributed by atoms with Gasteiger partial charge in [0.1, 0.15) is 6.29 Å². The molecule has 0 aromatic carbocycles. The number of hydrogen-bond donors (Lipinski definition) is 0. The molecule has 0 unspecified atom stereocenters. The lowest BCUT2D eigenvalue weighted by Gasteiger charge is -2.04. The number of carbonyl (C=O) groups is 1. The van der Waals surface area contributed by atoms with Gasteiger partial charge in [-0.3, -0.25) is 0 Å². The van der Waals surface area contributed by atoms with Gasteiger partial charge in [0.25, 0.3) is 5.92 Å². The summed E-state index contributed by atoms with van der Waals surface area (Å²) in [5, 5.41) is 0. The van der Waals surface area contributed by atoms with Crippen LogP contribution in [0.1, 0.15) is 12.8 Å². The normalized spacial score (nSPS) is 48.4. The maximum absolute atomic E-state index is 12.4. The van der Waals surface area contributed by atoms with Gasteiger partial charge in [0, 0.05) is 17.8 Å². The van der Waals surface area contributed by atoms with E-state index in [0.29, 0.717) is 12.8 Å². The van der Waals surface area contributed by atoms with Crippen molar-refractivity contribution in [3.05, 3.63) is 0 Å². The van der Waals surface area contributed by atoms with E-state index in [2.05, 4.69) is 0 Å². The second-order valence-electron chi connectivity index (χ2n) is 3.26. The van der Waals surface area contributed by atoms with E-state index in [1.165, 1.54) is 0 Å². The van der Waals surface area contributed by atoms with Crippen molar-refractivity contribution in [3.63, 3.8) is 0 Å². The van der Waals surface area contributed by atoms with E-state index in [1.807, 2.05) is 0 Å². The Labute approximate surface area is 57.4 Å². The van der Waals surface area contributed by atoms with Gasteiger partial charge in [-0.1, -0.05) is 0 Å². The average Bonchev–Trinajstić information content (AvgIpc) is 2.37. The smallest absolute Gasteiger partial charge is 0.254 e. The average molecular weight is 146 g/mol. The minimum Gasteiger partial charge on any atom is -0.303 e.